The van der Waals surface area contributed by atoms with Crippen molar-refractivity contribution in [1.82, 2.24) is 14.9 Å². The summed E-state index contributed by atoms with van der Waals surface area (Å²) in [6, 6.07) is 12.9. The van der Waals surface area contributed by atoms with Gasteiger partial charge in [-0.05, 0) is 55.6 Å². The van der Waals surface area contributed by atoms with Crippen molar-refractivity contribution in [2.24, 2.45) is 0 Å². The van der Waals surface area contributed by atoms with Crippen molar-refractivity contribution in [3.63, 3.8) is 0 Å². The number of methoxy groups -OCH3 is 1. The highest BCUT2D eigenvalue weighted by Crippen LogP contribution is 2.29. The van der Waals surface area contributed by atoms with Gasteiger partial charge in [0.2, 0.25) is 0 Å². The lowest BCUT2D eigenvalue weighted by Gasteiger charge is -2.31. The van der Waals surface area contributed by atoms with Crippen LogP contribution in [-0.4, -0.2) is 47.3 Å². The van der Waals surface area contributed by atoms with Gasteiger partial charge in [0.25, 0.3) is 0 Å². The number of nitrogens with zero attached hydrogens (tertiary/aromatic N) is 2. The van der Waals surface area contributed by atoms with Crippen LogP contribution in [0.4, 0.5) is 4.39 Å². The first-order valence-electron chi connectivity index (χ1n) is 9.74. The molecule has 0 amide bonds. The molecule has 5 nitrogen and oxygen atoms in total. The zero-order valence-electron chi connectivity index (χ0n) is 16.2. The third kappa shape index (κ3) is 4.18. The largest absolute Gasteiger partial charge is 0.488 e. The van der Waals surface area contributed by atoms with Gasteiger partial charge in [0.15, 0.2) is 11.6 Å². The van der Waals surface area contributed by atoms with Gasteiger partial charge in [-0.2, -0.15) is 0 Å². The second-order valence-corrected chi connectivity index (χ2v) is 7.49. The first kappa shape index (κ1) is 18.9. The Bertz CT molecular complexity index is 929. The van der Waals surface area contributed by atoms with Crippen molar-refractivity contribution in [3.05, 3.63) is 60.2 Å². The monoisotopic (exact) mass is 383 g/mol. The average Bonchev–Trinajstić information content (AvgIpc) is 3.09. The molecule has 28 heavy (non-hydrogen) atoms. The molecule has 148 valence electrons. The number of fused-ring (bicyclic) bond motifs is 1. The number of H-pyrrole nitrogens is 1. The molecule has 2 heterocycles. The number of para-hydroxylation sites is 1. The summed E-state index contributed by atoms with van der Waals surface area (Å²) in [4.78, 5) is 9.89. The van der Waals surface area contributed by atoms with Crippen LogP contribution in [0.5, 0.6) is 5.75 Å². The Morgan fingerprint density at radius 3 is 2.93 bits per heavy atom. The molecular weight excluding hydrogens is 357 g/mol. The summed E-state index contributed by atoms with van der Waals surface area (Å²) >= 11 is 0. The van der Waals surface area contributed by atoms with E-state index in [0.29, 0.717) is 6.61 Å². The number of benzene rings is 2. The summed E-state index contributed by atoms with van der Waals surface area (Å²) in [5, 5.41) is 0. The lowest BCUT2D eigenvalue weighted by molar-refractivity contribution is -0.0548. The summed E-state index contributed by atoms with van der Waals surface area (Å²) in [6.07, 6.45) is 4.49. The third-order valence-corrected chi connectivity index (χ3v) is 5.64. The second-order valence-electron chi connectivity index (χ2n) is 7.49. The van der Waals surface area contributed by atoms with E-state index in [4.69, 9.17) is 9.47 Å². The molecule has 4 rings (SSSR count). The number of hydrogen-bond donors (Lipinski definition) is 1. The van der Waals surface area contributed by atoms with Crippen molar-refractivity contribution in [2.75, 3.05) is 26.8 Å². The van der Waals surface area contributed by atoms with Crippen molar-refractivity contribution in [2.45, 2.75) is 31.4 Å². The van der Waals surface area contributed by atoms with Gasteiger partial charge in [-0.25, -0.2) is 9.37 Å². The molecule has 0 bridgehead atoms. The molecule has 1 N–H and O–H groups in total. The molecule has 0 unspecified atom stereocenters. The molecular formula is C22H26FN3O2. The minimum atomic E-state index is -0.385. The molecule has 6 heteroatoms. The molecule has 0 aliphatic carbocycles. The Morgan fingerprint density at radius 1 is 1.18 bits per heavy atom. The van der Waals surface area contributed by atoms with Gasteiger partial charge in [-0.15, -0.1) is 0 Å². The smallest absolute Gasteiger partial charge is 0.165 e. The summed E-state index contributed by atoms with van der Waals surface area (Å²) in [5.74, 6) is -0.0499. The average molecular weight is 383 g/mol. The zero-order valence-corrected chi connectivity index (χ0v) is 16.2. The quantitative estimate of drug-likeness (QED) is 0.695. The summed E-state index contributed by atoms with van der Waals surface area (Å²) in [5.41, 5.74) is 2.94. The van der Waals surface area contributed by atoms with Gasteiger partial charge >= 0.3 is 0 Å². The Hall–Kier alpha value is -2.44. The number of aromatic nitrogens is 2. The van der Waals surface area contributed by atoms with E-state index in [1.165, 1.54) is 11.6 Å². The number of nitrogens with one attached hydrogen (secondary N) is 1. The van der Waals surface area contributed by atoms with E-state index >= 15 is 0 Å². The van der Waals surface area contributed by atoms with E-state index in [-0.39, 0.29) is 17.2 Å². The summed E-state index contributed by atoms with van der Waals surface area (Å²) in [7, 11) is 1.73. The predicted octanol–water partition coefficient (Wildman–Crippen LogP) is 4.15. The molecule has 1 aliphatic heterocycles. The normalized spacial score (nSPS) is 20.9. The van der Waals surface area contributed by atoms with Gasteiger partial charge in [0, 0.05) is 20.2 Å². The molecule has 1 aliphatic rings. The molecule has 1 fully saturated rings. The summed E-state index contributed by atoms with van der Waals surface area (Å²) < 4.78 is 25.5. The minimum absolute atomic E-state index is 0.285. The van der Waals surface area contributed by atoms with Gasteiger partial charge in [0.05, 0.1) is 17.4 Å². The zero-order chi connectivity index (χ0) is 19.4. The Kier molecular flexibility index (Phi) is 5.59. The number of likely N-dealkylation sites (tertiary alicyclic amines) is 1. The van der Waals surface area contributed by atoms with Gasteiger partial charge < -0.3 is 14.5 Å². The van der Waals surface area contributed by atoms with E-state index in [2.05, 4.69) is 33.1 Å². The molecule has 1 atom stereocenters. The van der Waals surface area contributed by atoms with Crippen LogP contribution in [0.3, 0.4) is 0 Å². The van der Waals surface area contributed by atoms with Crippen LogP contribution < -0.4 is 4.74 Å². The van der Waals surface area contributed by atoms with E-state index in [1.54, 1.807) is 31.6 Å². The maximum atomic E-state index is 13.9. The topological polar surface area (TPSA) is 50.4 Å². The fourth-order valence-corrected chi connectivity index (χ4v) is 3.90. The lowest BCUT2D eigenvalue weighted by Crippen LogP contribution is -2.39. The minimum Gasteiger partial charge on any atom is -0.488 e. The van der Waals surface area contributed by atoms with Crippen molar-refractivity contribution >= 4 is 11.0 Å². The standard InChI is InChI=1S/C22H26FN3O2/c1-27-22(15-28-21-6-3-2-5-18(21)23)9-4-11-26(12-10-22)14-17-7-8-19-20(13-17)25-16-24-19/h2-3,5-8,13,16H,4,9-12,14-15H2,1H3,(H,24,25)/t22-/m1/s1. The van der Waals surface area contributed by atoms with Gasteiger partial charge in [-0.1, -0.05) is 18.2 Å². The Balaban J connectivity index is 1.39. The number of ether oxygens (including phenoxy) is 2. The van der Waals surface area contributed by atoms with Crippen LogP contribution >= 0.6 is 0 Å². The van der Waals surface area contributed by atoms with Gasteiger partial charge in [-0.3, -0.25) is 4.90 Å². The second kappa shape index (κ2) is 8.29. The van der Waals surface area contributed by atoms with E-state index < -0.39 is 0 Å². The first-order valence-corrected chi connectivity index (χ1v) is 9.74. The Labute approximate surface area is 164 Å². The Morgan fingerprint density at radius 2 is 2.07 bits per heavy atom. The van der Waals surface area contributed by atoms with E-state index in [1.807, 2.05) is 0 Å². The highest BCUT2D eigenvalue weighted by atomic mass is 19.1. The lowest BCUT2D eigenvalue weighted by atomic mass is 9.95. The number of imidazole rings is 1. The molecule has 0 radical (unpaired) electrons. The maximum absolute atomic E-state index is 13.9. The number of hydrogen-bond acceptors (Lipinski definition) is 4. The van der Waals surface area contributed by atoms with Crippen LogP contribution in [0.1, 0.15) is 24.8 Å². The SMILES string of the molecule is CO[C@]1(COc2ccccc2F)CCCN(Cc2ccc3nc[nH]c3c2)CC1. The van der Waals surface area contributed by atoms with Crippen LogP contribution in [0.2, 0.25) is 0 Å². The van der Waals surface area contributed by atoms with Crippen molar-refractivity contribution in [3.8, 4) is 5.75 Å². The molecule has 2 aromatic carbocycles. The van der Waals surface area contributed by atoms with Crippen molar-refractivity contribution < 1.29 is 13.9 Å². The highest BCUT2D eigenvalue weighted by Gasteiger charge is 2.34. The van der Waals surface area contributed by atoms with E-state index in [9.17, 15) is 4.39 Å². The maximum Gasteiger partial charge on any atom is 0.165 e. The van der Waals surface area contributed by atoms with Crippen LogP contribution in [0.15, 0.2) is 48.8 Å². The van der Waals surface area contributed by atoms with Crippen LogP contribution in [-0.2, 0) is 11.3 Å². The number of aromatic amines is 1. The summed E-state index contributed by atoms with van der Waals surface area (Å²) in [6.45, 7) is 3.17. The fourth-order valence-electron chi connectivity index (χ4n) is 3.90. The van der Waals surface area contributed by atoms with Gasteiger partial charge in [0.1, 0.15) is 12.2 Å². The van der Waals surface area contributed by atoms with E-state index in [0.717, 1.165) is 49.9 Å². The van der Waals surface area contributed by atoms with Crippen LogP contribution in [0.25, 0.3) is 11.0 Å². The molecule has 1 aromatic heterocycles. The highest BCUT2D eigenvalue weighted by molar-refractivity contribution is 5.74. The first-order chi connectivity index (χ1) is 13.7. The third-order valence-electron chi connectivity index (χ3n) is 5.64. The van der Waals surface area contributed by atoms with Crippen molar-refractivity contribution in [1.29, 1.82) is 0 Å². The predicted molar refractivity (Wildman–Crippen MR) is 107 cm³/mol. The molecule has 0 spiro atoms. The number of halogens is 1. The fraction of sp³-hybridized carbons (Fsp3) is 0.409. The molecule has 3 aromatic rings. The molecule has 1 saturated heterocycles. The molecule has 0 saturated carbocycles. The van der Waals surface area contributed by atoms with Crippen LogP contribution in [0, 0.1) is 5.82 Å². The number of rotatable bonds is 6.